The standard InChI is InChI=1S/C13H13F3N2O3/c14-13(15,16)8-1-3-9(4-2-8)17-11(20)12(21)18-6-5-10(19)7-18/h1-4,10,19H,5-7H2,(H,17,20)/t10-/m1/s1. The first-order chi connectivity index (χ1) is 9.77. The van der Waals surface area contributed by atoms with Crippen molar-refractivity contribution in [3.8, 4) is 0 Å². The molecule has 0 saturated carbocycles. The smallest absolute Gasteiger partial charge is 0.391 e. The summed E-state index contributed by atoms with van der Waals surface area (Å²) in [6.07, 6.45) is -4.70. The first-order valence-electron chi connectivity index (χ1n) is 6.23. The first-order valence-corrected chi connectivity index (χ1v) is 6.23. The van der Waals surface area contributed by atoms with Crippen molar-refractivity contribution in [1.82, 2.24) is 4.90 Å². The van der Waals surface area contributed by atoms with Gasteiger partial charge in [-0.1, -0.05) is 0 Å². The largest absolute Gasteiger partial charge is 0.416 e. The summed E-state index contributed by atoms with van der Waals surface area (Å²) in [5, 5.41) is 11.5. The summed E-state index contributed by atoms with van der Waals surface area (Å²) < 4.78 is 37.1. The maximum absolute atomic E-state index is 12.4. The molecule has 2 rings (SSSR count). The molecule has 0 radical (unpaired) electrons. The monoisotopic (exact) mass is 302 g/mol. The second-order valence-electron chi connectivity index (χ2n) is 4.72. The fourth-order valence-electron chi connectivity index (χ4n) is 2.00. The van der Waals surface area contributed by atoms with Crippen LogP contribution in [0.1, 0.15) is 12.0 Å². The third-order valence-corrected chi connectivity index (χ3v) is 3.11. The van der Waals surface area contributed by atoms with Crippen LogP contribution in [0, 0.1) is 0 Å². The number of halogens is 3. The molecule has 1 atom stereocenters. The summed E-state index contributed by atoms with van der Waals surface area (Å²) in [5.41, 5.74) is -0.740. The van der Waals surface area contributed by atoms with Crippen molar-refractivity contribution in [1.29, 1.82) is 0 Å². The van der Waals surface area contributed by atoms with Crippen LogP contribution in [0.15, 0.2) is 24.3 Å². The molecule has 0 unspecified atom stereocenters. The molecular formula is C13H13F3N2O3. The number of rotatable bonds is 1. The molecule has 1 heterocycles. The summed E-state index contributed by atoms with van der Waals surface area (Å²) >= 11 is 0. The molecule has 1 aliphatic heterocycles. The minimum Gasteiger partial charge on any atom is -0.391 e. The van der Waals surface area contributed by atoms with E-state index < -0.39 is 29.7 Å². The molecule has 0 aliphatic carbocycles. The highest BCUT2D eigenvalue weighted by Crippen LogP contribution is 2.29. The maximum Gasteiger partial charge on any atom is 0.416 e. The Balaban J connectivity index is 1.98. The molecule has 0 aromatic heterocycles. The number of carbonyl (C=O) groups excluding carboxylic acids is 2. The van der Waals surface area contributed by atoms with Crippen molar-refractivity contribution in [3.05, 3.63) is 29.8 Å². The number of anilines is 1. The molecule has 2 amide bonds. The Bertz CT molecular complexity index is 543. The third kappa shape index (κ3) is 3.72. The van der Waals surface area contributed by atoms with E-state index in [-0.39, 0.29) is 18.8 Å². The van der Waals surface area contributed by atoms with Crippen molar-refractivity contribution in [2.24, 2.45) is 0 Å². The fourth-order valence-corrected chi connectivity index (χ4v) is 2.00. The van der Waals surface area contributed by atoms with Gasteiger partial charge in [0.2, 0.25) is 0 Å². The fraction of sp³-hybridized carbons (Fsp3) is 0.385. The Labute approximate surface area is 118 Å². The number of alkyl halides is 3. The van der Waals surface area contributed by atoms with Gasteiger partial charge in [0.05, 0.1) is 11.7 Å². The summed E-state index contributed by atoms with van der Waals surface area (Å²) in [4.78, 5) is 24.6. The first kappa shape index (κ1) is 15.3. The Morgan fingerprint density at radius 1 is 1.24 bits per heavy atom. The number of hydrogen-bond acceptors (Lipinski definition) is 3. The van der Waals surface area contributed by atoms with E-state index in [9.17, 15) is 27.9 Å². The van der Waals surface area contributed by atoms with Gasteiger partial charge in [-0.05, 0) is 30.7 Å². The topological polar surface area (TPSA) is 69.6 Å². The van der Waals surface area contributed by atoms with E-state index >= 15 is 0 Å². The molecule has 5 nitrogen and oxygen atoms in total. The van der Waals surface area contributed by atoms with Gasteiger partial charge in [-0.15, -0.1) is 0 Å². The number of benzene rings is 1. The number of nitrogens with one attached hydrogen (secondary N) is 1. The second-order valence-corrected chi connectivity index (χ2v) is 4.72. The summed E-state index contributed by atoms with van der Waals surface area (Å²) in [7, 11) is 0. The van der Waals surface area contributed by atoms with Crippen LogP contribution in [0.4, 0.5) is 18.9 Å². The lowest BCUT2D eigenvalue weighted by Crippen LogP contribution is -2.38. The number of hydrogen-bond donors (Lipinski definition) is 2. The third-order valence-electron chi connectivity index (χ3n) is 3.11. The van der Waals surface area contributed by atoms with Crippen LogP contribution in [0.5, 0.6) is 0 Å². The molecule has 1 fully saturated rings. The van der Waals surface area contributed by atoms with Crippen LogP contribution in [0.25, 0.3) is 0 Å². The lowest BCUT2D eigenvalue weighted by molar-refractivity contribution is -0.142. The lowest BCUT2D eigenvalue weighted by atomic mass is 10.2. The second kappa shape index (κ2) is 5.72. The van der Waals surface area contributed by atoms with E-state index in [1.54, 1.807) is 0 Å². The summed E-state index contributed by atoms with van der Waals surface area (Å²) in [5.74, 6) is -1.75. The SMILES string of the molecule is O=C(Nc1ccc(C(F)(F)F)cc1)C(=O)N1CC[C@@H](O)C1. The van der Waals surface area contributed by atoms with E-state index in [0.717, 1.165) is 24.3 Å². The predicted octanol–water partition coefficient (Wildman–Crippen LogP) is 1.24. The minimum atomic E-state index is -4.45. The van der Waals surface area contributed by atoms with Crippen molar-refractivity contribution in [2.45, 2.75) is 18.7 Å². The van der Waals surface area contributed by atoms with E-state index in [1.165, 1.54) is 4.90 Å². The number of nitrogens with zero attached hydrogens (tertiary/aromatic N) is 1. The quantitative estimate of drug-likeness (QED) is 0.767. The van der Waals surface area contributed by atoms with Gasteiger partial charge >= 0.3 is 18.0 Å². The van der Waals surface area contributed by atoms with Gasteiger partial charge in [-0.3, -0.25) is 9.59 Å². The number of carbonyl (C=O) groups is 2. The Kier molecular flexibility index (Phi) is 4.17. The van der Waals surface area contributed by atoms with Crippen LogP contribution in [0.2, 0.25) is 0 Å². The Hall–Kier alpha value is -2.09. The van der Waals surface area contributed by atoms with E-state index in [1.807, 2.05) is 0 Å². The minimum absolute atomic E-state index is 0.0826. The Morgan fingerprint density at radius 3 is 2.33 bits per heavy atom. The average Bonchev–Trinajstić information content (AvgIpc) is 2.84. The molecular weight excluding hydrogens is 289 g/mol. The van der Waals surface area contributed by atoms with Crippen molar-refractivity contribution in [2.75, 3.05) is 18.4 Å². The molecule has 1 aliphatic rings. The summed E-state index contributed by atoms with van der Waals surface area (Å²) in [6.45, 7) is 0.361. The van der Waals surface area contributed by atoms with Gasteiger partial charge in [-0.25, -0.2) is 0 Å². The molecule has 0 bridgehead atoms. The number of aliphatic hydroxyl groups excluding tert-OH is 1. The zero-order valence-corrected chi connectivity index (χ0v) is 10.9. The van der Waals surface area contributed by atoms with Gasteiger partial charge < -0.3 is 15.3 Å². The number of β-amino-alcohol motifs (C(OH)–C–C–N with tert-alkyl or cyclic N) is 1. The number of likely N-dealkylation sites (tertiary alicyclic amines) is 1. The van der Waals surface area contributed by atoms with Crippen molar-refractivity contribution >= 4 is 17.5 Å². The van der Waals surface area contributed by atoms with Crippen LogP contribution in [0.3, 0.4) is 0 Å². The van der Waals surface area contributed by atoms with Crippen LogP contribution < -0.4 is 5.32 Å². The zero-order chi connectivity index (χ0) is 15.6. The lowest BCUT2D eigenvalue weighted by Gasteiger charge is -2.15. The highest BCUT2D eigenvalue weighted by molar-refractivity contribution is 6.39. The molecule has 1 aromatic carbocycles. The highest BCUT2D eigenvalue weighted by Gasteiger charge is 2.31. The molecule has 1 aromatic rings. The van der Waals surface area contributed by atoms with Gasteiger partial charge in [0, 0.05) is 18.8 Å². The van der Waals surface area contributed by atoms with Gasteiger partial charge in [-0.2, -0.15) is 13.2 Å². The van der Waals surface area contributed by atoms with Crippen molar-refractivity contribution in [3.63, 3.8) is 0 Å². The number of aliphatic hydroxyl groups is 1. The van der Waals surface area contributed by atoms with E-state index in [4.69, 9.17) is 0 Å². The van der Waals surface area contributed by atoms with Crippen LogP contribution in [-0.4, -0.2) is 41.0 Å². The molecule has 0 spiro atoms. The molecule has 8 heteroatoms. The van der Waals surface area contributed by atoms with Gasteiger partial charge in [0.25, 0.3) is 0 Å². The van der Waals surface area contributed by atoms with Gasteiger partial charge in [0.15, 0.2) is 0 Å². The molecule has 2 N–H and O–H groups in total. The molecule has 21 heavy (non-hydrogen) atoms. The predicted molar refractivity (Wildman–Crippen MR) is 67.3 cm³/mol. The number of amides is 2. The van der Waals surface area contributed by atoms with Gasteiger partial charge in [0.1, 0.15) is 0 Å². The Morgan fingerprint density at radius 2 is 1.86 bits per heavy atom. The summed E-state index contributed by atoms with van der Waals surface area (Å²) in [6, 6.07) is 3.79. The van der Waals surface area contributed by atoms with Crippen LogP contribution >= 0.6 is 0 Å². The normalized spacial score (nSPS) is 18.7. The zero-order valence-electron chi connectivity index (χ0n) is 10.9. The molecule has 114 valence electrons. The van der Waals surface area contributed by atoms with Crippen LogP contribution in [-0.2, 0) is 15.8 Å². The molecule has 1 saturated heterocycles. The van der Waals surface area contributed by atoms with Crippen molar-refractivity contribution < 1.29 is 27.9 Å². The van der Waals surface area contributed by atoms with E-state index in [0.29, 0.717) is 6.42 Å². The van der Waals surface area contributed by atoms with E-state index in [2.05, 4.69) is 5.32 Å². The highest BCUT2D eigenvalue weighted by atomic mass is 19.4. The maximum atomic E-state index is 12.4. The average molecular weight is 302 g/mol.